The van der Waals surface area contributed by atoms with Gasteiger partial charge in [-0.25, -0.2) is 0 Å². The van der Waals surface area contributed by atoms with Gasteiger partial charge in [0.2, 0.25) is 0 Å². The second-order valence-corrected chi connectivity index (χ2v) is 13.4. The first-order valence-corrected chi connectivity index (χ1v) is 15.4. The van der Waals surface area contributed by atoms with Gasteiger partial charge in [-0.2, -0.15) is 0 Å². The van der Waals surface area contributed by atoms with E-state index < -0.39 is 8.80 Å². The summed E-state index contributed by atoms with van der Waals surface area (Å²) in [5.41, 5.74) is 0. The molecule has 0 spiro atoms. The highest BCUT2D eigenvalue weighted by molar-refractivity contribution is 6.60. The lowest BCUT2D eigenvalue weighted by Crippen LogP contribution is -2.45. The average molecular weight is 481 g/mol. The zero-order valence-corrected chi connectivity index (χ0v) is 23.6. The van der Waals surface area contributed by atoms with E-state index in [4.69, 9.17) is 24.9 Å². The monoisotopic (exact) mass is 480 g/mol. The minimum atomic E-state index is -2.45. The van der Waals surface area contributed by atoms with Crippen molar-refractivity contribution in [2.24, 2.45) is 5.92 Å². The first kappa shape index (κ1) is 31.3. The largest absolute Gasteiger partial charge is 0.500 e. The van der Waals surface area contributed by atoms with Gasteiger partial charge in [0.15, 0.2) is 0 Å². The molecule has 6 heteroatoms. The van der Waals surface area contributed by atoms with Crippen LogP contribution in [0.2, 0.25) is 6.04 Å². The van der Waals surface area contributed by atoms with Crippen LogP contribution < -0.4 is 0 Å². The van der Waals surface area contributed by atoms with Crippen molar-refractivity contribution in [2.75, 3.05) is 54.4 Å². The Bertz CT molecular complexity index is 387. The molecule has 0 N–H and O–H groups in total. The zero-order valence-electron chi connectivity index (χ0n) is 21.9. The van der Waals surface area contributed by atoms with Crippen molar-refractivity contribution < 1.29 is 17.8 Å². The van der Waals surface area contributed by atoms with Crippen molar-refractivity contribution in [3.05, 3.63) is 0 Å². The third-order valence-corrected chi connectivity index (χ3v) is 9.74. The highest BCUT2D eigenvalue weighted by Gasteiger charge is 2.37. The number of hydrogen-bond acceptors (Lipinski definition) is 3. The van der Waals surface area contributed by atoms with Crippen LogP contribution in [0, 0.1) is 5.92 Å². The smallest absolute Gasteiger partial charge is 0.377 e. The summed E-state index contributed by atoms with van der Waals surface area (Å²) in [6.07, 6.45) is 18.8. The molecule has 0 amide bonds. The van der Waals surface area contributed by atoms with Crippen LogP contribution in [0.3, 0.4) is 0 Å². The van der Waals surface area contributed by atoms with Gasteiger partial charge in [-0.1, -0.05) is 71.1 Å². The summed E-state index contributed by atoms with van der Waals surface area (Å²) in [6, 6.07) is 0.903. The van der Waals surface area contributed by atoms with E-state index in [0.29, 0.717) is 0 Å². The Labute approximate surface area is 201 Å². The minimum Gasteiger partial charge on any atom is -0.377 e. The van der Waals surface area contributed by atoms with Crippen molar-refractivity contribution in [1.82, 2.24) is 0 Å². The van der Waals surface area contributed by atoms with Crippen molar-refractivity contribution in [3.8, 4) is 0 Å². The maximum atomic E-state index is 5.96. The lowest BCUT2D eigenvalue weighted by Gasteiger charge is -2.34. The molecule has 0 aromatic rings. The quantitative estimate of drug-likeness (QED) is 0.0665. The van der Waals surface area contributed by atoms with E-state index in [0.717, 1.165) is 41.7 Å². The number of nitrogens with zero attached hydrogens (tertiary/aromatic N) is 1. The maximum absolute atomic E-state index is 5.96. The van der Waals surface area contributed by atoms with Crippen LogP contribution >= 0.6 is 11.6 Å². The van der Waals surface area contributed by atoms with Crippen LogP contribution in [0.25, 0.3) is 0 Å². The normalized spacial score (nSPS) is 13.6. The first-order chi connectivity index (χ1) is 14.9. The summed E-state index contributed by atoms with van der Waals surface area (Å²) in [5, 5.41) is 0. The van der Waals surface area contributed by atoms with Crippen molar-refractivity contribution >= 4 is 20.4 Å². The lowest BCUT2D eigenvalue weighted by atomic mass is 9.94. The minimum absolute atomic E-state index is 0.747. The number of unbranched alkanes of at least 4 members (excludes halogenated alkanes) is 9. The van der Waals surface area contributed by atoms with E-state index in [2.05, 4.69) is 21.0 Å². The van der Waals surface area contributed by atoms with Crippen LogP contribution in [-0.4, -0.2) is 67.7 Å². The lowest BCUT2D eigenvalue weighted by molar-refractivity contribution is -0.893. The molecule has 1 unspecified atom stereocenters. The van der Waals surface area contributed by atoms with Crippen LogP contribution in [0.5, 0.6) is 0 Å². The number of halogens is 1. The molecule has 0 bridgehead atoms. The average Bonchev–Trinajstić information content (AvgIpc) is 2.76. The molecule has 0 radical (unpaired) electrons. The third kappa shape index (κ3) is 16.6. The molecule has 0 saturated heterocycles. The van der Waals surface area contributed by atoms with E-state index in [-0.39, 0.29) is 0 Å². The van der Waals surface area contributed by atoms with Gasteiger partial charge in [-0.15, -0.1) is 11.6 Å². The molecule has 0 aromatic heterocycles. The van der Waals surface area contributed by atoms with Gasteiger partial charge in [-0.3, -0.25) is 0 Å². The Balaban J connectivity index is 4.36. The van der Waals surface area contributed by atoms with E-state index >= 15 is 0 Å². The molecule has 0 saturated carbocycles. The molecule has 4 nitrogen and oxygen atoms in total. The van der Waals surface area contributed by atoms with Crippen LogP contribution in [0.4, 0.5) is 0 Å². The van der Waals surface area contributed by atoms with E-state index in [1.165, 1.54) is 83.6 Å². The highest BCUT2D eigenvalue weighted by atomic mass is 35.5. The molecule has 0 aliphatic rings. The number of alkyl halides is 1. The predicted octanol–water partition coefficient (Wildman–Crippen LogP) is 7.28. The fourth-order valence-electron chi connectivity index (χ4n) is 4.69. The first-order valence-electron chi connectivity index (χ1n) is 12.9. The van der Waals surface area contributed by atoms with E-state index in [1.54, 1.807) is 21.3 Å². The molecule has 0 heterocycles. The molecule has 0 rings (SSSR count). The van der Waals surface area contributed by atoms with Gasteiger partial charge >= 0.3 is 8.80 Å². The molecule has 31 heavy (non-hydrogen) atoms. The molecule has 1 atom stereocenters. The van der Waals surface area contributed by atoms with Gasteiger partial charge in [0.05, 0.1) is 27.2 Å². The van der Waals surface area contributed by atoms with Crippen molar-refractivity contribution in [3.63, 3.8) is 0 Å². The van der Waals surface area contributed by atoms with Crippen LogP contribution in [0.15, 0.2) is 0 Å². The molecule has 0 aromatic carbocycles. The Morgan fingerprint density at radius 3 is 1.68 bits per heavy atom. The standard InChI is InChI=1S/C25H55ClNO3Si/c1-7-8-9-10-11-12-13-14-15-16-19-25(24-27(2,3)22-18-21-26)20-17-23-31(28-4,29-5)30-6/h25H,7-24H2,1-6H3/q+1. The Hall–Kier alpha value is 0.347. The fourth-order valence-corrected chi connectivity index (χ4v) is 6.56. The van der Waals surface area contributed by atoms with E-state index in [1.807, 2.05) is 0 Å². The summed E-state index contributed by atoms with van der Waals surface area (Å²) in [6.45, 7) is 4.68. The highest BCUT2D eigenvalue weighted by Crippen LogP contribution is 2.24. The van der Waals surface area contributed by atoms with Gasteiger partial charge in [-0.05, 0) is 19.3 Å². The SMILES string of the molecule is CCCCCCCCCCCCC(CCC[Si](OC)(OC)OC)C[N+](C)(C)CCCCl. The zero-order chi connectivity index (χ0) is 23.4. The topological polar surface area (TPSA) is 27.7 Å². The Morgan fingerprint density at radius 2 is 1.19 bits per heavy atom. The van der Waals surface area contributed by atoms with Gasteiger partial charge in [0, 0.05) is 45.6 Å². The summed E-state index contributed by atoms with van der Waals surface area (Å²) in [4.78, 5) is 0. The van der Waals surface area contributed by atoms with Gasteiger partial charge in [0.1, 0.15) is 0 Å². The van der Waals surface area contributed by atoms with Gasteiger partial charge < -0.3 is 17.8 Å². The molecule has 188 valence electrons. The summed E-state index contributed by atoms with van der Waals surface area (Å²) >= 11 is 5.96. The summed E-state index contributed by atoms with van der Waals surface area (Å²) in [7, 11) is 7.41. The fraction of sp³-hybridized carbons (Fsp3) is 1.00. The molecular formula is C25H55ClNO3Si+. The van der Waals surface area contributed by atoms with E-state index in [9.17, 15) is 0 Å². The molecule has 0 fully saturated rings. The van der Waals surface area contributed by atoms with Crippen molar-refractivity contribution in [2.45, 2.75) is 103 Å². The number of quaternary nitrogens is 1. The summed E-state index contributed by atoms with van der Waals surface area (Å²) in [5.74, 6) is 1.51. The van der Waals surface area contributed by atoms with Crippen molar-refractivity contribution in [1.29, 1.82) is 0 Å². The second kappa shape index (κ2) is 19.8. The second-order valence-electron chi connectivity index (χ2n) is 9.91. The predicted molar refractivity (Wildman–Crippen MR) is 138 cm³/mol. The van der Waals surface area contributed by atoms with Gasteiger partial charge in [0.25, 0.3) is 0 Å². The maximum Gasteiger partial charge on any atom is 0.500 e. The number of hydrogen-bond donors (Lipinski definition) is 0. The third-order valence-electron chi connectivity index (χ3n) is 6.64. The Morgan fingerprint density at radius 1 is 0.710 bits per heavy atom. The molecule has 0 aliphatic heterocycles. The summed E-state index contributed by atoms with van der Waals surface area (Å²) < 4.78 is 17.9. The van der Waals surface area contributed by atoms with Crippen LogP contribution in [-0.2, 0) is 13.3 Å². The Kier molecular flexibility index (Phi) is 20.0. The number of rotatable bonds is 23. The van der Waals surface area contributed by atoms with Crippen LogP contribution in [0.1, 0.15) is 96.8 Å². The molecular weight excluding hydrogens is 426 g/mol. The molecule has 0 aliphatic carbocycles.